The van der Waals surface area contributed by atoms with Crippen LogP contribution in [0.5, 0.6) is 0 Å². The van der Waals surface area contributed by atoms with Crippen LogP contribution in [-0.2, 0) is 10.2 Å². The fourth-order valence-electron chi connectivity index (χ4n) is 7.01. The Bertz CT molecular complexity index is 692. The number of rotatable bonds is 2. The highest BCUT2D eigenvalue weighted by atomic mass is 16.3. The molecule has 1 N–H and O–H groups in total. The SMILES string of the molecule is CC[C@@]12CCCN3CC[C@]4(c5ccccc5N(C=O)[C@@H]4[C@@H](O)C1)[C@H]32. The molecule has 1 aromatic rings. The van der Waals surface area contributed by atoms with Gasteiger partial charge in [0.2, 0.25) is 6.41 Å². The molecule has 1 amide bonds. The Hall–Kier alpha value is -1.39. The Morgan fingerprint density at radius 3 is 2.92 bits per heavy atom. The first-order chi connectivity index (χ1) is 11.7. The third kappa shape index (κ3) is 1.50. The minimum absolute atomic E-state index is 0.0917. The van der Waals surface area contributed by atoms with E-state index in [2.05, 4.69) is 30.0 Å². The standard InChI is InChI=1S/C20H26N2O2/c1-2-19-8-5-10-21-11-9-20(18(19)21)14-6-3-4-7-15(14)22(13-23)17(20)16(24)12-19/h3-4,6-7,13,16-18,24H,2,5,8-12H2,1H3/t16-,17+,18+,19+,20+/m0/s1. The Morgan fingerprint density at radius 1 is 1.29 bits per heavy atom. The van der Waals surface area contributed by atoms with Crippen molar-refractivity contribution in [3.8, 4) is 0 Å². The lowest BCUT2D eigenvalue weighted by atomic mass is 9.51. The Balaban J connectivity index is 1.78. The predicted octanol–water partition coefficient (Wildman–Crippen LogP) is 2.30. The number of carbonyl (C=O) groups excluding carboxylic acids is 1. The maximum Gasteiger partial charge on any atom is 0.214 e. The van der Waals surface area contributed by atoms with Gasteiger partial charge in [0.1, 0.15) is 0 Å². The molecule has 0 bridgehead atoms. The molecule has 5 atom stereocenters. The van der Waals surface area contributed by atoms with Crippen molar-refractivity contribution in [2.75, 3.05) is 18.0 Å². The number of para-hydroxylation sites is 1. The van der Waals surface area contributed by atoms with Crippen molar-refractivity contribution in [1.82, 2.24) is 4.90 Å². The van der Waals surface area contributed by atoms with Crippen LogP contribution in [0.2, 0.25) is 0 Å². The Morgan fingerprint density at radius 2 is 2.12 bits per heavy atom. The van der Waals surface area contributed by atoms with E-state index in [9.17, 15) is 9.90 Å². The molecule has 0 radical (unpaired) electrons. The second-order valence-electron chi connectivity index (χ2n) is 8.29. The minimum Gasteiger partial charge on any atom is -0.391 e. The second kappa shape index (κ2) is 4.83. The van der Waals surface area contributed by atoms with Gasteiger partial charge < -0.3 is 10.0 Å². The van der Waals surface area contributed by atoms with Crippen LogP contribution in [0.15, 0.2) is 24.3 Å². The van der Waals surface area contributed by atoms with E-state index in [1.807, 2.05) is 11.0 Å². The number of hydrogen-bond donors (Lipinski definition) is 1. The van der Waals surface area contributed by atoms with E-state index >= 15 is 0 Å². The van der Waals surface area contributed by atoms with E-state index in [1.165, 1.54) is 24.9 Å². The number of amides is 1. The molecule has 3 aliphatic heterocycles. The van der Waals surface area contributed by atoms with Crippen LogP contribution in [0.3, 0.4) is 0 Å². The number of hydrogen-bond acceptors (Lipinski definition) is 3. The maximum atomic E-state index is 12.0. The van der Waals surface area contributed by atoms with Crippen LogP contribution in [0.4, 0.5) is 5.69 Å². The minimum atomic E-state index is -0.433. The molecule has 2 saturated heterocycles. The summed E-state index contributed by atoms with van der Waals surface area (Å²) >= 11 is 0. The number of benzene rings is 1. The lowest BCUT2D eigenvalue weighted by molar-refractivity contribution is -0.113. The monoisotopic (exact) mass is 326 g/mol. The molecule has 1 aliphatic carbocycles. The first-order valence-corrected chi connectivity index (χ1v) is 9.43. The molecule has 0 aromatic heterocycles. The zero-order valence-electron chi connectivity index (χ0n) is 14.3. The summed E-state index contributed by atoms with van der Waals surface area (Å²) in [6.07, 6.45) is 5.96. The van der Waals surface area contributed by atoms with Gasteiger partial charge in [0.15, 0.2) is 0 Å². The van der Waals surface area contributed by atoms with Crippen molar-refractivity contribution in [1.29, 1.82) is 0 Å². The highest BCUT2D eigenvalue weighted by Crippen LogP contribution is 2.65. The van der Waals surface area contributed by atoms with Crippen molar-refractivity contribution in [3.63, 3.8) is 0 Å². The van der Waals surface area contributed by atoms with Gasteiger partial charge in [-0.25, -0.2) is 0 Å². The third-order valence-electron chi connectivity index (χ3n) is 7.67. The van der Waals surface area contributed by atoms with Crippen molar-refractivity contribution in [2.24, 2.45) is 5.41 Å². The Labute approximate surface area is 143 Å². The van der Waals surface area contributed by atoms with Crippen LogP contribution in [0.1, 0.15) is 44.6 Å². The summed E-state index contributed by atoms with van der Waals surface area (Å²) < 4.78 is 0. The molecule has 4 nitrogen and oxygen atoms in total. The predicted molar refractivity (Wildman–Crippen MR) is 93.0 cm³/mol. The normalized spacial score (nSPS) is 43.2. The number of aliphatic hydroxyl groups excluding tert-OH is 1. The maximum absolute atomic E-state index is 12.0. The zero-order valence-corrected chi connectivity index (χ0v) is 14.3. The van der Waals surface area contributed by atoms with Gasteiger partial charge in [-0.05, 0) is 62.2 Å². The topological polar surface area (TPSA) is 43.8 Å². The number of nitrogens with zero attached hydrogens (tertiary/aromatic N) is 2. The van der Waals surface area contributed by atoms with Gasteiger partial charge >= 0.3 is 0 Å². The summed E-state index contributed by atoms with van der Waals surface area (Å²) in [4.78, 5) is 16.5. The summed E-state index contributed by atoms with van der Waals surface area (Å²) in [5, 5.41) is 11.2. The highest BCUT2D eigenvalue weighted by Gasteiger charge is 2.70. The van der Waals surface area contributed by atoms with Gasteiger partial charge in [-0.3, -0.25) is 9.69 Å². The van der Waals surface area contributed by atoms with Crippen molar-refractivity contribution >= 4 is 12.1 Å². The summed E-state index contributed by atoms with van der Waals surface area (Å²) in [7, 11) is 0. The molecule has 5 rings (SSSR count). The van der Waals surface area contributed by atoms with Crippen LogP contribution >= 0.6 is 0 Å². The van der Waals surface area contributed by atoms with Crippen molar-refractivity contribution < 1.29 is 9.90 Å². The van der Waals surface area contributed by atoms with Crippen LogP contribution < -0.4 is 4.90 Å². The molecule has 3 fully saturated rings. The quantitative estimate of drug-likeness (QED) is 0.848. The molecular formula is C20H26N2O2. The van der Waals surface area contributed by atoms with E-state index < -0.39 is 6.10 Å². The second-order valence-corrected chi connectivity index (χ2v) is 8.29. The summed E-state index contributed by atoms with van der Waals surface area (Å²) in [5.74, 6) is 0. The molecular weight excluding hydrogens is 300 g/mol. The number of aliphatic hydroxyl groups is 1. The number of piperidine rings is 1. The number of fused-ring (bicyclic) bond motifs is 1. The largest absolute Gasteiger partial charge is 0.391 e. The van der Waals surface area contributed by atoms with Gasteiger partial charge in [-0.15, -0.1) is 0 Å². The number of anilines is 1. The van der Waals surface area contributed by atoms with E-state index in [0.29, 0.717) is 6.04 Å². The van der Waals surface area contributed by atoms with E-state index in [0.717, 1.165) is 37.9 Å². The van der Waals surface area contributed by atoms with Crippen LogP contribution in [-0.4, -0.2) is 47.7 Å². The molecule has 4 heteroatoms. The average molecular weight is 326 g/mol. The van der Waals surface area contributed by atoms with Gasteiger partial charge in [0, 0.05) is 17.1 Å². The summed E-state index contributed by atoms with van der Waals surface area (Å²) in [6.45, 7) is 4.55. The smallest absolute Gasteiger partial charge is 0.214 e. The first kappa shape index (κ1) is 14.9. The van der Waals surface area contributed by atoms with Gasteiger partial charge in [-0.1, -0.05) is 25.1 Å². The van der Waals surface area contributed by atoms with Gasteiger partial charge in [0.05, 0.1) is 12.1 Å². The fraction of sp³-hybridized carbons (Fsp3) is 0.650. The van der Waals surface area contributed by atoms with Gasteiger partial charge in [-0.2, -0.15) is 0 Å². The van der Waals surface area contributed by atoms with Crippen molar-refractivity contribution in [2.45, 2.75) is 62.6 Å². The van der Waals surface area contributed by atoms with Gasteiger partial charge in [0.25, 0.3) is 0 Å². The van der Waals surface area contributed by atoms with E-state index in [1.54, 1.807) is 0 Å². The lowest BCUT2D eigenvalue weighted by Crippen LogP contribution is -2.68. The third-order valence-corrected chi connectivity index (χ3v) is 7.67. The van der Waals surface area contributed by atoms with Crippen LogP contribution in [0, 0.1) is 5.41 Å². The molecule has 128 valence electrons. The number of carbonyl (C=O) groups is 1. The molecule has 1 saturated carbocycles. The summed E-state index contributed by atoms with van der Waals surface area (Å²) in [5.41, 5.74) is 2.42. The molecule has 0 unspecified atom stereocenters. The molecule has 24 heavy (non-hydrogen) atoms. The fourth-order valence-corrected chi connectivity index (χ4v) is 7.01. The molecule has 1 aromatic carbocycles. The lowest BCUT2D eigenvalue weighted by Gasteiger charge is -2.59. The van der Waals surface area contributed by atoms with Crippen LogP contribution in [0.25, 0.3) is 0 Å². The highest BCUT2D eigenvalue weighted by molar-refractivity contribution is 5.84. The first-order valence-electron chi connectivity index (χ1n) is 9.43. The summed E-state index contributed by atoms with van der Waals surface area (Å²) in [6, 6.07) is 8.74. The van der Waals surface area contributed by atoms with E-state index in [-0.39, 0.29) is 16.9 Å². The molecule has 4 aliphatic rings. The average Bonchev–Trinajstić information content (AvgIpc) is 3.14. The zero-order chi connectivity index (χ0) is 16.5. The van der Waals surface area contributed by atoms with E-state index in [4.69, 9.17) is 0 Å². The molecule has 1 spiro atoms. The molecule has 3 heterocycles. The Kier molecular flexibility index (Phi) is 3.00. The van der Waals surface area contributed by atoms with Crippen molar-refractivity contribution in [3.05, 3.63) is 29.8 Å².